The van der Waals surface area contributed by atoms with Gasteiger partial charge in [0.2, 0.25) is 0 Å². The van der Waals surface area contributed by atoms with Crippen molar-refractivity contribution in [1.82, 2.24) is 4.98 Å². The summed E-state index contributed by atoms with van der Waals surface area (Å²) in [7, 11) is 1.66. The highest BCUT2D eigenvalue weighted by atomic mass is 16.5. The number of anilines is 1. The van der Waals surface area contributed by atoms with E-state index >= 15 is 0 Å². The van der Waals surface area contributed by atoms with E-state index in [0.29, 0.717) is 13.0 Å². The van der Waals surface area contributed by atoms with E-state index in [9.17, 15) is 4.79 Å². The Balaban J connectivity index is 1.91. The number of rotatable bonds is 3. The van der Waals surface area contributed by atoms with Gasteiger partial charge in [0.25, 0.3) is 0 Å². The van der Waals surface area contributed by atoms with Crippen LogP contribution in [0.15, 0.2) is 36.4 Å². The highest BCUT2D eigenvalue weighted by molar-refractivity contribution is 6.03. The fourth-order valence-corrected chi connectivity index (χ4v) is 2.74. The SMILES string of the molecule is COc1cc(C)nc(CN2CCC(=O)c3ccccc32)c1. The first-order valence-corrected chi connectivity index (χ1v) is 7.06. The fraction of sp³-hybridized carbons (Fsp3) is 0.294. The lowest BCUT2D eigenvalue weighted by molar-refractivity contribution is 0.0979. The second kappa shape index (κ2) is 5.56. The molecule has 0 N–H and O–H groups in total. The van der Waals surface area contributed by atoms with Crippen molar-refractivity contribution < 1.29 is 9.53 Å². The number of hydrogen-bond acceptors (Lipinski definition) is 4. The number of benzene rings is 1. The van der Waals surface area contributed by atoms with Crippen LogP contribution in [0.3, 0.4) is 0 Å². The second-order valence-corrected chi connectivity index (χ2v) is 5.25. The van der Waals surface area contributed by atoms with Gasteiger partial charge in [0.05, 0.1) is 19.3 Å². The molecule has 0 bridgehead atoms. The number of pyridine rings is 1. The largest absolute Gasteiger partial charge is 0.497 e. The first kappa shape index (κ1) is 13.6. The predicted molar refractivity (Wildman–Crippen MR) is 82.0 cm³/mol. The van der Waals surface area contributed by atoms with Crippen LogP contribution in [-0.4, -0.2) is 24.4 Å². The zero-order valence-electron chi connectivity index (χ0n) is 12.3. The van der Waals surface area contributed by atoms with Crippen molar-refractivity contribution in [2.75, 3.05) is 18.6 Å². The van der Waals surface area contributed by atoms with Crippen LogP contribution in [0, 0.1) is 6.92 Å². The van der Waals surface area contributed by atoms with Gasteiger partial charge < -0.3 is 9.64 Å². The van der Waals surface area contributed by atoms with Crippen LogP contribution in [0.4, 0.5) is 5.69 Å². The quantitative estimate of drug-likeness (QED) is 0.868. The van der Waals surface area contributed by atoms with Crippen molar-refractivity contribution in [2.45, 2.75) is 19.9 Å². The maximum Gasteiger partial charge on any atom is 0.166 e. The third kappa shape index (κ3) is 2.75. The number of ether oxygens (including phenoxy) is 1. The number of Topliss-reactive ketones (excluding diaryl/α,β-unsaturated/α-hetero) is 1. The lowest BCUT2D eigenvalue weighted by atomic mass is 10.0. The van der Waals surface area contributed by atoms with Gasteiger partial charge >= 0.3 is 0 Å². The average Bonchev–Trinajstić information content (AvgIpc) is 2.50. The first-order valence-electron chi connectivity index (χ1n) is 7.06. The number of aryl methyl sites for hydroxylation is 1. The van der Waals surface area contributed by atoms with Gasteiger partial charge in [-0.15, -0.1) is 0 Å². The molecule has 0 amide bonds. The normalized spacial score (nSPS) is 14.0. The highest BCUT2D eigenvalue weighted by Gasteiger charge is 2.22. The van der Waals surface area contributed by atoms with E-state index in [4.69, 9.17) is 4.74 Å². The van der Waals surface area contributed by atoms with Crippen LogP contribution in [0.5, 0.6) is 5.75 Å². The van der Waals surface area contributed by atoms with Crippen LogP contribution in [0.1, 0.15) is 28.2 Å². The minimum absolute atomic E-state index is 0.219. The molecule has 0 radical (unpaired) electrons. The van der Waals surface area contributed by atoms with Gasteiger partial charge in [0, 0.05) is 42.0 Å². The molecule has 2 aromatic rings. The van der Waals surface area contributed by atoms with Crippen molar-refractivity contribution in [1.29, 1.82) is 0 Å². The summed E-state index contributed by atoms with van der Waals surface area (Å²) >= 11 is 0. The number of para-hydroxylation sites is 1. The van der Waals surface area contributed by atoms with Gasteiger partial charge in [-0.1, -0.05) is 12.1 Å². The molecule has 0 fully saturated rings. The van der Waals surface area contributed by atoms with Gasteiger partial charge in [-0.2, -0.15) is 0 Å². The van der Waals surface area contributed by atoms with E-state index in [1.54, 1.807) is 7.11 Å². The third-order valence-electron chi connectivity index (χ3n) is 3.72. The van der Waals surface area contributed by atoms with Crippen molar-refractivity contribution in [3.63, 3.8) is 0 Å². The molecule has 0 unspecified atom stereocenters. The molecule has 2 heterocycles. The van der Waals surface area contributed by atoms with Gasteiger partial charge in [-0.05, 0) is 19.1 Å². The number of hydrogen-bond donors (Lipinski definition) is 0. The standard InChI is InChI=1S/C17H18N2O2/c1-12-9-14(21-2)10-13(18-12)11-19-8-7-17(20)15-5-3-4-6-16(15)19/h3-6,9-10H,7-8,11H2,1-2H3. The first-order chi connectivity index (χ1) is 10.2. The summed E-state index contributed by atoms with van der Waals surface area (Å²) in [5, 5.41) is 0. The van der Waals surface area contributed by atoms with E-state index in [2.05, 4.69) is 9.88 Å². The Morgan fingerprint density at radius 2 is 2.10 bits per heavy atom. The smallest absolute Gasteiger partial charge is 0.166 e. The number of aromatic nitrogens is 1. The predicted octanol–water partition coefficient (Wildman–Crippen LogP) is 2.99. The molecule has 1 aromatic carbocycles. The van der Waals surface area contributed by atoms with E-state index in [1.807, 2.05) is 43.3 Å². The van der Waals surface area contributed by atoms with Crippen molar-refractivity contribution in [3.8, 4) is 5.75 Å². The molecule has 1 aromatic heterocycles. The number of carbonyl (C=O) groups excluding carboxylic acids is 1. The van der Waals surface area contributed by atoms with Crippen molar-refractivity contribution >= 4 is 11.5 Å². The zero-order chi connectivity index (χ0) is 14.8. The Labute approximate surface area is 124 Å². The molecule has 21 heavy (non-hydrogen) atoms. The van der Waals surface area contributed by atoms with Gasteiger partial charge in [0.15, 0.2) is 5.78 Å². The molecule has 0 saturated carbocycles. The lowest BCUT2D eigenvalue weighted by Crippen LogP contribution is -2.31. The summed E-state index contributed by atoms with van der Waals surface area (Å²) < 4.78 is 5.30. The Hall–Kier alpha value is -2.36. The van der Waals surface area contributed by atoms with Crippen molar-refractivity contribution in [3.05, 3.63) is 53.3 Å². The molecular weight excluding hydrogens is 264 g/mol. The number of fused-ring (bicyclic) bond motifs is 1. The summed E-state index contributed by atoms with van der Waals surface area (Å²) in [6.45, 7) is 3.37. The van der Waals surface area contributed by atoms with Gasteiger partial charge in [-0.3, -0.25) is 9.78 Å². The maximum atomic E-state index is 12.0. The third-order valence-corrected chi connectivity index (χ3v) is 3.72. The average molecular weight is 282 g/mol. The minimum atomic E-state index is 0.219. The number of ketones is 1. The van der Waals surface area contributed by atoms with E-state index in [-0.39, 0.29) is 5.78 Å². The van der Waals surface area contributed by atoms with Crippen molar-refractivity contribution in [2.24, 2.45) is 0 Å². The molecule has 0 saturated heterocycles. The molecule has 1 aliphatic rings. The maximum absolute atomic E-state index is 12.0. The van der Waals surface area contributed by atoms with Gasteiger partial charge in [-0.25, -0.2) is 0 Å². The van der Waals surface area contributed by atoms with Crippen LogP contribution in [-0.2, 0) is 6.54 Å². The van der Waals surface area contributed by atoms with Crippen LogP contribution < -0.4 is 9.64 Å². The molecule has 0 spiro atoms. The Kier molecular flexibility index (Phi) is 3.60. The van der Waals surface area contributed by atoms with Crippen LogP contribution in [0.2, 0.25) is 0 Å². The van der Waals surface area contributed by atoms with Gasteiger partial charge in [0.1, 0.15) is 5.75 Å². The van der Waals surface area contributed by atoms with Crippen LogP contribution >= 0.6 is 0 Å². The van der Waals surface area contributed by atoms with E-state index < -0.39 is 0 Å². The monoisotopic (exact) mass is 282 g/mol. The molecule has 4 heteroatoms. The lowest BCUT2D eigenvalue weighted by Gasteiger charge is -2.30. The highest BCUT2D eigenvalue weighted by Crippen LogP contribution is 2.28. The summed E-state index contributed by atoms with van der Waals surface area (Å²) in [6.07, 6.45) is 0.556. The minimum Gasteiger partial charge on any atom is -0.497 e. The molecule has 4 nitrogen and oxygen atoms in total. The summed E-state index contributed by atoms with van der Waals surface area (Å²) in [6, 6.07) is 11.6. The zero-order valence-corrected chi connectivity index (χ0v) is 12.3. The Bertz CT molecular complexity index is 682. The van der Waals surface area contributed by atoms with Crippen LogP contribution in [0.25, 0.3) is 0 Å². The number of nitrogens with zero attached hydrogens (tertiary/aromatic N) is 2. The number of carbonyl (C=O) groups is 1. The van der Waals surface area contributed by atoms with E-state index in [0.717, 1.165) is 34.9 Å². The number of methoxy groups -OCH3 is 1. The summed E-state index contributed by atoms with van der Waals surface area (Å²) in [5.74, 6) is 1.04. The molecule has 108 valence electrons. The molecule has 0 atom stereocenters. The van der Waals surface area contributed by atoms with E-state index in [1.165, 1.54) is 0 Å². The topological polar surface area (TPSA) is 42.4 Å². The molecule has 0 aliphatic carbocycles. The summed E-state index contributed by atoms with van der Waals surface area (Å²) in [5.41, 5.74) is 3.70. The Morgan fingerprint density at radius 1 is 1.29 bits per heavy atom. The molecule has 1 aliphatic heterocycles. The molecule has 3 rings (SSSR count). The second-order valence-electron chi connectivity index (χ2n) is 5.25. The Morgan fingerprint density at radius 3 is 2.90 bits per heavy atom. The fourth-order valence-electron chi connectivity index (χ4n) is 2.74. The molecular formula is C17H18N2O2. The summed E-state index contributed by atoms with van der Waals surface area (Å²) in [4.78, 5) is 18.7.